The summed E-state index contributed by atoms with van der Waals surface area (Å²) in [5.41, 5.74) is 2.69. The van der Waals surface area contributed by atoms with E-state index in [0.29, 0.717) is 0 Å². The van der Waals surface area contributed by atoms with Crippen molar-refractivity contribution < 1.29 is 0 Å². The van der Waals surface area contributed by atoms with E-state index in [4.69, 9.17) is 11.6 Å². The molecule has 0 bridgehead atoms. The highest BCUT2D eigenvalue weighted by Gasteiger charge is 2.12. The molecule has 1 aromatic carbocycles. The summed E-state index contributed by atoms with van der Waals surface area (Å²) < 4.78 is 1.81. The Kier molecular flexibility index (Phi) is 2.72. The molecule has 2 heterocycles. The van der Waals surface area contributed by atoms with Gasteiger partial charge in [-0.3, -0.25) is 0 Å². The Balaban J connectivity index is 2.32. The number of halogens is 1. The van der Waals surface area contributed by atoms with Crippen LogP contribution in [0.2, 0.25) is 5.28 Å². The first kappa shape index (κ1) is 11.2. The van der Waals surface area contributed by atoms with Crippen molar-refractivity contribution in [2.24, 2.45) is 0 Å². The highest BCUT2D eigenvalue weighted by Crippen LogP contribution is 2.21. The van der Waals surface area contributed by atoms with Crippen LogP contribution in [0.15, 0.2) is 36.5 Å². The predicted molar refractivity (Wildman–Crippen MR) is 71.0 cm³/mol. The molecule has 0 N–H and O–H groups in total. The number of aryl methyl sites for hydroxylation is 1. The Morgan fingerprint density at radius 3 is 2.72 bits per heavy atom. The Morgan fingerprint density at radius 2 is 2.00 bits per heavy atom. The van der Waals surface area contributed by atoms with Gasteiger partial charge in [0.2, 0.25) is 5.28 Å². The van der Waals surface area contributed by atoms with Gasteiger partial charge in [0.15, 0.2) is 5.65 Å². The Hall–Kier alpha value is -1.94. The fourth-order valence-electron chi connectivity index (χ4n) is 1.95. The van der Waals surface area contributed by atoms with Crippen LogP contribution in [0.1, 0.15) is 12.6 Å². The van der Waals surface area contributed by atoms with Crippen LogP contribution in [0, 0.1) is 0 Å². The van der Waals surface area contributed by atoms with Gasteiger partial charge in [0.1, 0.15) is 0 Å². The fraction of sp³-hybridized carbons (Fsp3) is 0.154. The van der Waals surface area contributed by atoms with Gasteiger partial charge >= 0.3 is 0 Å². The van der Waals surface area contributed by atoms with E-state index in [1.807, 2.05) is 35.0 Å². The zero-order valence-electron chi connectivity index (χ0n) is 9.84. The molecule has 0 spiro atoms. The van der Waals surface area contributed by atoms with E-state index in [-0.39, 0.29) is 5.28 Å². The largest absolute Gasteiger partial charge is 0.226 e. The normalized spacial score (nSPS) is 11.0. The maximum Gasteiger partial charge on any atom is 0.224 e. The quantitative estimate of drug-likeness (QED) is 0.664. The van der Waals surface area contributed by atoms with Gasteiger partial charge < -0.3 is 0 Å². The van der Waals surface area contributed by atoms with Gasteiger partial charge in [0.05, 0.1) is 16.8 Å². The molecule has 0 saturated carbocycles. The van der Waals surface area contributed by atoms with E-state index in [9.17, 15) is 0 Å². The summed E-state index contributed by atoms with van der Waals surface area (Å²) in [5, 5.41) is 5.76. The van der Waals surface area contributed by atoms with Crippen LogP contribution in [0.4, 0.5) is 0 Å². The van der Waals surface area contributed by atoms with Crippen LogP contribution in [0.3, 0.4) is 0 Å². The summed E-state index contributed by atoms with van der Waals surface area (Å²) in [5.74, 6) is 0. The van der Waals surface area contributed by atoms with Crippen LogP contribution < -0.4 is 0 Å². The van der Waals surface area contributed by atoms with Gasteiger partial charge in [0.25, 0.3) is 0 Å². The third-order valence-corrected chi connectivity index (χ3v) is 2.99. The third kappa shape index (κ3) is 1.75. The fourth-order valence-corrected chi connectivity index (χ4v) is 2.08. The zero-order valence-corrected chi connectivity index (χ0v) is 10.6. The molecule has 18 heavy (non-hydrogen) atoms. The van der Waals surface area contributed by atoms with Crippen LogP contribution in [0.25, 0.3) is 16.7 Å². The summed E-state index contributed by atoms with van der Waals surface area (Å²) in [6, 6.07) is 9.89. The van der Waals surface area contributed by atoms with E-state index in [2.05, 4.69) is 22.0 Å². The first-order chi connectivity index (χ1) is 8.79. The Morgan fingerprint density at radius 1 is 1.22 bits per heavy atom. The molecule has 5 heteroatoms. The molecule has 0 unspecified atom stereocenters. The van der Waals surface area contributed by atoms with E-state index in [0.717, 1.165) is 28.8 Å². The molecule has 4 nitrogen and oxygen atoms in total. The number of hydrogen-bond acceptors (Lipinski definition) is 3. The third-order valence-electron chi connectivity index (χ3n) is 2.81. The molecule has 3 rings (SSSR count). The number of benzene rings is 1. The van der Waals surface area contributed by atoms with Crippen LogP contribution in [-0.4, -0.2) is 19.7 Å². The maximum absolute atomic E-state index is 5.87. The van der Waals surface area contributed by atoms with Crippen molar-refractivity contribution in [2.45, 2.75) is 13.3 Å². The van der Waals surface area contributed by atoms with Crippen molar-refractivity contribution in [1.29, 1.82) is 0 Å². The zero-order chi connectivity index (χ0) is 12.5. The molecule has 0 amide bonds. The maximum atomic E-state index is 5.87. The molecule has 0 aliphatic rings. The lowest BCUT2D eigenvalue weighted by Crippen LogP contribution is -1.98. The van der Waals surface area contributed by atoms with E-state index in [1.54, 1.807) is 6.20 Å². The lowest BCUT2D eigenvalue weighted by Gasteiger charge is -2.01. The van der Waals surface area contributed by atoms with Gasteiger partial charge in [-0.05, 0) is 30.2 Å². The van der Waals surface area contributed by atoms with Crippen molar-refractivity contribution >= 4 is 22.6 Å². The van der Waals surface area contributed by atoms with Crippen LogP contribution >= 0.6 is 11.6 Å². The second-order valence-corrected chi connectivity index (χ2v) is 4.26. The molecule has 0 saturated heterocycles. The van der Waals surface area contributed by atoms with Gasteiger partial charge in [-0.25, -0.2) is 9.67 Å². The number of fused-ring (bicyclic) bond motifs is 1. The molecular weight excluding hydrogens is 248 g/mol. The lowest BCUT2D eigenvalue weighted by atomic mass is 10.2. The topological polar surface area (TPSA) is 43.6 Å². The van der Waals surface area contributed by atoms with Crippen molar-refractivity contribution in [3.63, 3.8) is 0 Å². The van der Waals surface area contributed by atoms with Crippen molar-refractivity contribution in [2.75, 3.05) is 0 Å². The summed E-state index contributed by atoms with van der Waals surface area (Å²) in [4.78, 5) is 8.30. The number of nitrogens with zero attached hydrogens (tertiary/aromatic N) is 4. The van der Waals surface area contributed by atoms with Crippen LogP contribution in [-0.2, 0) is 6.42 Å². The van der Waals surface area contributed by atoms with E-state index < -0.39 is 0 Å². The van der Waals surface area contributed by atoms with E-state index >= 15 is 0 Å². The molecule has 0 radical (unpaired) electrons. The monoisotopic (exact) mass is 258 g/mol. The molecule has 3 aromatic rings. The molecular formula is C13H11ClN4. The molecule has 0 fully saturated rings. The molecule has 0 aliphatic carbocycles. The standard InChI is InChI=1S/C13H11ClN4/c1-2-11-10-8-15-13(14)16-12(10)18(17-11)9-6-4-3-5-7-9/h3-8H,2H2,1H3. The highest BCUT2D eigenvalue weighted by molar-refractivity contribution is 6.28. The summed E-state index contributed by atoms with van der Waals surface area (Å²) >= 11 is 5.87. The summed E-state index contributed by atoms with van der Waals surface area (Å²) in [6.45, 7) is 2.06. The average Bonchev–Trinajstić information content (AvgIpc) is 2.77. The molecule has 0 aliphatic heterocycles. The number of aromatic nitrogens is 4. The minimum Gasteiger partial charge on any atom is -0.226 e. The van der Waals surface area contributed by atoms with Crippen molar-refractivity contribution in [3.05, 3.63) is 47.5 Å². The van der Waals surface area contributed by atoms with Crippen molar-refractivity contribution in [1.82, 2.24) is 19.7 Å². The van der Waals surface area contributed by atoms with Gasteiger partial charge in [-0.1, -0.05) is 25.1 Å². The van der Waals surface area contributed by atoms with Gasteiger partial charge in [0, 0.05) is 6.20 Å². The number of rotatable bonds is 2. The molecule has 0 atom stereocenters. The highest BCUT2D eigenvalue weighted by atomic mass is 35.5. The second kappa shape index (κ2) is 4.38. The van der Waals surface area contributed by atoms with E-state index in [1.165, 1.54) is 0 Å². The lowest BCUT2D eigenvalue weighted by molar-refractivity contribution is 0.854. The predicted octanol–water partition coefficient (Wildman–Crippen LogP) is 3.03. The SMILES string of the molecule is CCc1nn(-c2ccccc2)c2nc(Cl)ncc12. The number of hydrogen-bond donors (Lipinski definition) is 0. The molecule has 90 valence electrons. The van der Waals surface area contributed by atoms with Gasteiger partial charge in [-0.2, -0.15) is 10.1 Å². The summed E-state index contributed by atoms with van der Waals surface area (Å²) in [6.07, 6.45) is 2.57. The molecule has 2 aromatic heterocycles. The van der Waals surface area contributed by atoms with Crippen LogP contribution in [0.5, 0.6) is 0 Å². The van der Waals surface area contributed by atoms with Gasteiger partial charge in [-0.15, -0.1) is 0 Å². The number of para-hydroxylation sites is 1. The Labute approximate surface area is 109 Å². The average molecular weight is 259 g/mol. The Bertz CT molecular complexity index is 691. The first-order valence-electron chi connectivity index (χ1n) is 5.75. The first-order valence-corrected chi connectivity index (χ1v) is 6.13. The minimum absolute atomic E-state index is 0.238. The summed E-state index contributed by atoms with van der Waals surface area (Å²) in [7, 11) is 0. The minimum atomic E-state index is 0.238. The second-order valence-electron chi connectivity index (χ2n) is 3.92. The van der Waals surface area contributed by atoms with Crippen molar-refractivity contribution in [3.8, 4) is 5.69 Å². The smallest absolute Gasteiger partial charge is 0.224 e.